The Kier molecular flexibility index (Phi) is 6.52. The van der Waals surface area contributed by atoms with E-state index in [0.29, 0.717) is 25.4 Å². The van der Waals surface area contributed by atoms with Crippen LogP contribution in [-0.4, -0.2) is 43.5 Å². The number of Topliss-reactive ketones (excluding diaryl/α,β-unsaturated/α-hetero) is 1. The van der Waals surface area contributed by atoms with Gasteiger partial charge in [0.05, 0.1) is 13.2 Å². The molecule has 0 amide bonds. The van der Waals surface area contributed by atoms with Gasteiger partial charge in [0.2, 0.25) is 0 Å². The maximum atomic E-state index is 12.3. The molecule has 122 valence electrons. The number of ether oxygens (including phenoxy) is 2. The first-order valence-corrected chi connectivity index (χ1v) is 7.98. The van der Waals surface area contributed by atoms with E-state index in [-0.39, 0.29) is 18.2 Å². The Morgan fingerprint density at radius 1 is 1.00 bits per heavy atom. The molecule has 2 aliphatic rings. The van der Waals surface area contributed by atoms with Gasteiger partial charge < -0.3 is 26.8 Å². The van der Waals surface area contributed by atoms with Crippen LogP contribution >= 0.6 is 0 Å². The first-order chi connectivity index (χ1) is 10.3. The van der Waals surface area contributed by atoms with Crippen LogP contribution in [0.3, 0.4) is 0 Å². The van der Waals surface area contributed by atoms with Crippen LogP contribution in [-0.2, 0) is 0 Å². The van der Waals surface area contributed by atoms with Crippen molar-refractivity contribution in [1.29, 1.82) is 0 Å². The molecule has 3 rings (SSSR count). The Labute approximate surface area is 138 Å². The minimum Gasteiger partial charge on any atom is -1.00 e. The summed E-state index contributed by atoms with van der Waals surface area (Å²) in [5, 5.41) is 0. The number of fused-ring (bicyclic) bond motifs is 1. The Morgan fingerprint density at radius 3 is 2.50 bits per heavy atom. The van der Waals surface area contributed by atoms with Crippen molar-refractivity contribution in [3.8, 4) is 11.5 Å². The Morgan fingerprint density at radius 2 is 1.73 bits per heavy atom. The summed E-state index contributed by atoms with van der Waals surface area (Å²) in [7, 11) is 0. The molecule has 0 N–H and O–H groups in total. The van der Waals surface area contributed by atoms with E-state index in [0.717, 1.165) is 37.4 Å². The summed E-state index contributed by atoms with van der Waals surface area (Å²) >= 11 is 0. The van der Waals surface area contributed by atoms with Crippen molar-refractivity contribution in [3.63, 3.8) is 0 Å². The second-order valence-electron chi connectivity index (χ2n) is 5.79. The van der Waals surface area contributed by atoms with Crippen molar-refractivity contribution >= 4 is 5.78 Å². The first-order valence-electron chi connectivity index (χ1n) is 7.98. The van der Waals surface area contributed by atoms with Crippen LogP contribution in [0.2, 0.25) is 0 Å². The number of carbonyl (C=O) groups is 1. The third-order valence-electron chi connectivity index (χ3n) is 4.17. The lowest BCUT2D eigenvalue weighted by Gasteiger charge is -2.25. The zero-order valence-corrected chi connectivity index (χ0v) is 13.6. The van der Waals surface area contributed by atoms with Crippen molar-refractivity contribution in [2.45, 2.75) is 32.1 Å². The molecule has 22 heavy (non-hydrogen) atoms. The van der Waals surface area contributed by atoms with E-state index in [9.17, 15) is 4.79 Å². The van der Waals surface area contributed by atoms with Gasteiger partial charge in [-0.05, 0) is 44.1 Å². The van der Waals surface area contributed by atoms with Gasteiger partial charge in [-0.1, -0.05) is 6.42 Å². The Hall–Kier alpha value is -1.26. The van der Waals surface area contributed by atoms with E-state index < -0.39 is 0 Å². The lowest BCUT2D eigenvalue weighted by Crippen LogP contribution is -3.00. The van der Waals surface area contributed by atoms with Gasteiger partial charge in [0.15, 0.2) is 17.3 Å². The third-order valence-corrected chi connectivity index (χ3v) is 4.17. The standard InChI is InChI=1S/C17H23NO3.ClH/c19-15(7-10-18-8-2-1-3-9-18)14-5-6-16-17(13-14)21-12-4-11-20-16;/h5-6,13H,1-4,7-12H2;1H/p-1. The summed E-state index contributed by atoms with van der Waals surface area (Å²) < 4.78 is 11.2. The fourth-order valence-electron chi connectivity index (χ4n) is 2.92. The van der Waals surface area contributed by atoms with E-state index in [1.807, 2.05) is 18.2 Å². The Bertz CT molecular complexity index is 501. The summed E-state index contributed by atoms with van der Waals surface area (Å²) in [6.07, 6.45) is 5.32. The summed E-state index contributed by atoms with van der Waals surface area (Å²) in [4.78, 5) is 14.7. The lowest BCUT2D eigenvalue weighted by molar-refractivity contribution is -0.0000132. The number of rotatable bonds is 4. The fraction of sp³-hybridized carbons (Fsp3) is 0.588. The van der Waals surface area contributed by atoms with Gasteiger partial charge in [-0.25, -0.2) is 0 Å². The van der Waals surface area contributed by atoms with Gasteiger partial charge in [0, 0.05) is 24.9 Å². The molecule has 0 bridgehead atoms. The molecular formula is C17H23ClNO3-. The molecule has 1 fully saturated rings. The average molecular weight is 325 g/mol. The molecule has 1 aromatic carbocycles. The minimum absolute atomic E-state index is 0. The van der Waals surface area contributed by atoms with E-state index in [4.69, 9.17) is 9.47 Å². The molecule has 0 radical (unpaired) electrons. The summed E-state index contributed by atoms with van der Waals surface area (Å²) in [5.74, 6) is 1.65. The topological polar surface area (TPSA) is 38.8 Å². The van der Waals surface area contributed by atoms with Crippen molar-refractivity contribution < 1.29 is 26.7 Å². The molecule has 0 aromatic heterocycles. The highest BCUT2D eigenvalue weighted by molar-refractivity contribution is 5.96. The lowest BCUT2D eigenvalue weighted by atomic mass is 10.1. The monoisotopic (exact) mass is 324 g/mol. The highest BCUT2D eigenvalue weighted by Gasteiger charge is 2.16. The number of hydrogen-bond donors (Lipinski definition) is 0. The Balaban J connectivity index is 0.00000176. The number of ketones is 1. The molecule has 5 heteroatoms. The molecule has 2 heterocycles. The van der Waals surface area contributed by atoms with Crippen molar-refractivity contribution in [1.82, 2.24) is 4.90 Å². The van der Waals surface area contributed by atoms with E-state index in [1.54, 1.807) is 0 Å². The van der Waals surface area contributed by atoms with E-state index in [1.165, 1.54) is 19.3 Å². The second-order valence-corrected chi connectivity index (χ2v) is 5.79. The van der Waals surface area contributed by atoms with Crippen LogP contribution in [0.4, 0.5) is 0 Å². The van der Waals surface area contributed by atoms with Gasteiger partial charge in [-0.3, -0.25) is 4.79 Å². The maximum Gasteiger partial charge on any atom is 0.164 e. The molecule has 0 aliphatic carbocycles. The quantitative estimate of drug-likeness (QED) is 0.726. The minimum atomic E-state index is 0. The van der Waals surface area contributed by atoms with Crippen LogP contribution in [0.5, 0.6) is 11.5 Å². The molecule has 4 nitrogen and oxygen atoms in total. The number of likely N-dealkylation sites (tertiary alicyclic amines) is 1. The zero-order valence-electron chi connectivity index (χ0n) is 12.9. The first kappa shape index (κ1) is 17.1. The largest absolute Gasteiger partial charge is 1.00 e. The molecule has 1 aromatic rings. The molecule has 0 atom stereocenters. The SMILES string of the molecule is O=C(CCN1CCCCC1)c1ccc2c(c1)OCCCO2.[Cl-]. The van der Waals surface area contributed by atoms with Gasteiger partial charge in [-0.15, -0.1) is 0 Å². The number of halogens is 1. The molecule has 0 spiro atoms. The predicted molar refractivity (Wildman–Crippen MR) is 81.3 cm³/mol. The zero-order chi connectivity index (χ0) is 14.5. The van der Waals surface area contributed by atoms with Crippen LogP contribution in [0.15, 0.2) is 18.2 Å². The van der Waals surface area contributed by atoms with Crippen molar-refractivity contribution in [2.75, 3.05) is 32.8 Å². The van der Waals surface area contributed by atoms with E-state index in [2.05, 4.69) is 4.90 Å². The maximum absolute atomic E-state index is 12.3. The number of carbonyl (C=O) groups excluding carboxylic acids is 1. The summed E-state index contributed by atoms with van der Waals surface area (Å²) in [6.45, 7) is 4.46. The normalized spacial score (nSPS) is 18.2. The van der Waals surface area contributed by atoms with Crippen LogP contribution in [0.25, 0.3) is 0 Å². The smallest absolute Gasteiger partial charge is 0.164 e. The number of benzene rings is 1. The molecule has 1 saturated heterocycles. The van der Waals surface area contributed by atoms with Crippen LogP contribution < -0.4 is 21.9 Å². The second kappa shape index (κ2) is 8.39. The van der Waals surface area contributed by atoms with Gasteiger partial charge in [-0.2, -0.15) is 0 Å². The van der Waals surface area contributed by atoms with Crippen LogP contribution in [0, 0.1) is 0 Å². The molecule has 0 saturated carbocycles. The predicted octanol–water partition coefficient (Wildman–Crippen LogP) is -0.0894. The summed E-state index contributed by atoms with van der Waals surface area (Å²) in [5.41, 5.74) is 0.733. The molecule has 2 aliphatic heterocycles. The fourth-order valence-corrected chi connectivity index (χ4v) is 2.92. The highest BCUT2D eigenvalue weighted by Crippen LogP contribution is 2.30. The van der Waals surface area contributed by atoms with Gasteiger partial charge in [0.1, 0.15) is 0 Å². The van der Waals surface area contributed by atoms with Gasteiger partial charge in [0.25, 0.3) is 0 Å². The van der Waals surface area contributed by atoms with Crippen molar-refractivity contribution in [3.05, 3.63) is 23.8 Å². The summed E-state index contributed by atoms with van der Waals surface area (Å²) in [6, 6.07) is 5.54. The number of hydrogen-bond acceptors (Lipinski definition) is 4. The molecular weight excluding hydrogens is 302 g/mol. The van der Waals surface area contributed by atoms with Gasteiger partial charge >= 0.3 is 0 Å². The van der Waals surface area contributed by atoms with E-state index >= 15 is 0 Å². The number of nitrogens with zero attached hydrogens (tertiary/aromatic N) is 1. The average Bonchev–Trinajstić information content (AvgIpc) is 2.78. The van der Waals surface area contributed by atoms with Crippen LogP contribution in [0.1, 0.15) is 42.5 Å². The molecule has 0 unspecified atom stereocenters. The highest BCUT2D eigenvalue weighted by atomic mass is 35.5. The third kappa shape index (κ3) is 4.37. The van der Waals surface area contributed by atoms with Crippen molar-refractivity contribution in [2.24, 2.45) is 0 Å². The number of piperidine rings is 1.